The number of pyridine rings is 1. The van der Waals surface area contributed by atoms with Gasteiger partial charge in [-0.1, -0.05) is 35.9 Å². The van der Waals surface area contributed by atoms with Crippen LogP contribution >= 0.6 is 11.6 Å². The first-order valence-electron chi connectivity index (χ1n) is 9.30. The molecule has 2 aromatic carbocycles. The van der Waals surface area contributed by atoms with Crippen molar-refractivity contribution in [2.24, 2.45) is 0 Å². The van der Waals surface area contributed by atoms with Crippen LogP contribution in [0.5, 0.6) is 5.75 Å². The highest BCUT2D eigenvalue weighted by molar-refractivity contribution is 6.33. The van der Waals surface area contributed by atoms with Crippen LogP contribution in [0.15, 0.2) is 72.4 Å². The van der Waals surface area contributed by atoms with Gasteiger partial charge in [-0.15, -0.1) is 0 Å². The highest BCUT2D eigenvalue weighted by Gasteiger charge is 2.21. The Kier molecular flexibility index (Phi) is 7.20. The SMILES string of the molecule is COc1ccc(C(=O)O)cc1NC(=O)/C(=C\c1cccnc1Cl)C(=O)Nc1ccccc1. The summed E-state index contributed by atoms with van der Waals surface area (Å²) < 4.78 is 5.20. The summed E-state index contributed by atoms with van der Waals surface area (Å²) in [5.41, 5.74) is 0.600. The Morgan fingerprint density at radius 1 is 1.00 bits per heavy atom. The number of anilines is 2. The van der Waals surface area contributed by atoms with E-state index in [2.05, 4.69) is 15.6 Å². The zero-order chi connectivity index (χ0) is 23.1. The average molecular weight is 452 g/mol. The van der Waals surface area contributed by atoms with E-state index in [0.29, 0.717) is 11.3 Å². The monoisotopic (exact) mass is 451 g/mol. The number of aromatic carboxylic acids is 1. The Labute approximate surface area is 188 Å². The lowest BCUT2D eigenvalue weighted by Crippen LogP contribution is -2.25. The van der Waals surface area contributed by atoms with E-state index >= 15 is 0 Å². The second-order valence-corrected chi connectivity index (χ2v) is 6.79. The van der Waals surface area contributed by atoms with Crippen molar-refractivity contribution >= 4 is 46.8 Å². The van der Waals surface area contributed by atoms with Gasteiger partial charge in [0.25, 0.3) is 11.8 Å². The molecule has 0 aliphatic heterocycles. The summed E-state index contributed by atoms with van der Waals surface area (Å²) in [5.74, 6) is -2.44. The summed E-state index contributed by atoms with van der Waals surface area (Å²) >= 11 is 6.10. The minimum absolute atomic E-state index is 0.0596. The predicted octanol–water partition coefficient (Wildman–Crippen LogP) is 4.10. The van der Waals surface area contributed by atoms with E-state index in [9.17, 15) is 19.5 Å². The van der Waals surface area contributed by atoms with Crippen molar-refractivity contribution in [2.75, 3.05) is 17.7 Å². The van der Waals surface area contributed by atoms with Gasteiger partial charge in [-0.05, 0) is 42.5 Å². The average Bonchev–Trinajstić information content (AvgIpc) is 2.78. The fourth-order valence-electron chi connectivity index (χ4n) is 2.74. The topological polar surface area (TPSA) is 118 Å². The number of amides is 2. The molecule has 32 heavy (non-hydrogen) atoms. The quantitative estimate of drug-likeness (QED) is 0.215. The van der Waals surface area contributed by atoms with Crippen molar-refractivity contribution < 1.29 is 24.2 Å². The molecule has 1 heterocycles. The molecular weight excluding hydrogens is 434 g/mol. The molecule has 9 heteroatoms. The van der Waals surface area contributed by atoms with Crippen LogP contribution in [0.4, 0.5) is 11.4 Å². The first-order valence-corrected chi connectivity index (χ1v) is 9.68. The Morgan fingerprint density at radius 2 is 1.72 bits per heavy atom. The maximum atomic E-state index is 13.1. The molecule has 0 radical (unpaired) electrons. The summed E-state index contributed by atoms with van der Waals surface area (Å²) in [7, 11) is 1.37. The van der Waals surface area contributed by atoms with E-state index in [-0.39, 0.29) is 27.7 Å². The number of rotatable bonds is 7. The molecule has 0 aliphatic rings. The third kappa shape index (κ3) is 5.50. The number of methoxy groups -OCH3 is 1. The zero-order valence-corrected chi connectivity index (χ0v) is 17.6. The number of carboxylic acid groups (broad SMARTS) is 1. The van der Waals surface area contributed by atoms with E-state index in [0.717, 1.165) is 0 Å². The number of carboxylic acids is 1. The number of hydrogen-bond donors (Lipinski definition) is 3. The van der Waals surface area contributed by atoms with E-state index in [1.165, 1.54) is 37.6 Å². The lowest BCUT2D eigenvalue weighted by atomic mass is 10.1. The van der Waals surface area contributed by atoms with Gasteiger partial charge in [0.05, 0.1) is 18.4 Å². The van der Waals surface area contributed by atoms with Crippen molar-refractivity contribution in [1.29, 1.82) is 0 Å². The molecular formula is C23H18ClN3O5. The number of para-hydroxylation sites is 1. The van der Waals surface area contributed by atoms with Gasteiger partial charge in [0, 0.05) is 17.4 Å². The van der Waals surface area contributed by atoms with Crippen LogP contribution < -0.4 is 15.4 Å². The lowest BCUT2D eigenvalue weighted by Gasteiger charge is -2.13. The predicted molar refractivity (Wildman–Crippen MR) is 121 cm³/mol. The Bertz CT molecular complexity index is 1200. The van der Waals surface area contributed by atoms with Crippen molar-refractivity contribution in [3.05, 3.63) is 88.7 Å². The second-order valence-electron chi connectivity index (χ2n) is 6.44. The summed E-state index contributed by atoms with van der Waals surface area (Å²) in [6.45, 7) is 0. The van der Waals surface area contributed by atoms with Gasteiger partial charge in [-0.3, -0.25) is 9.59 Å². The number of hydrogen-bond acceptors (Lipinski definition) is 5. The molecule has 8 nitrogen and oxygen atoms in total. The number of carbonyl (C=O) groups is 3. The van der Waals surface area contributed by atoms with Crippen LogP contribution in [0.1, 0.15) is 15.9 Å². The number of aromatic nitrogens is 1. The fourth-order valence-corrected chi connectivity index (χ4v) is 2.92. The molecule has 0 unspecified atom stereocenters. The Morgan fingerprint density at radius 3 is 2.38 bits per heavy atom. The van der Waals surface area contributed by atoms with E-state index in [4.69, 9.17) is 16.3 Å². The van der Waals surface area contributed by atoms with Gasteiger partial charge in [0.2, 0.25) is 0 Å². The maximum Gasteiger partial charge on any atom is 0.335 e. The molecule has 1 aromatic heterocycles. The van der Waals surface area contributed by atoms with Crippen molar-refractivity contribution in [1.82, 2.24) is 4.98 Å². The van der Waals surface area contributed by atoms with Crippen molar-refractivity contribution in [3.63, 3.8) is 0 Å². The van der Waals surface area contributed by atoms with Crippen LogP contribution in [0, 0.1) is 0 Å². The molecule has 0 fully saturated rings. The molecule has 0 saturated heterocycles. The summed E-state index contributed by atoms with van der Waals surface area (Å²) in [6.07, 6.45) is 2.78. The molecule has 0 saturated carbocycles. The van der Waals surface area contributed by atoms with Gasteiger partial charge in [0.1, 0.15) is 16.5 Å². The largest absolute Gasteiger partial charge is 0.495 e. The molecule has 0 bridgehead atoms. The Hall–Kier alpha value is -4.17. The number of carbonyl (C=O) groups excluding carboxylic acids is 2. The van der Waals surface area contributed by atoms with Crippen LogP contribution in [-0.4, -0.2) is 35.0 Å². The zero-order valence-electron chi connectivity index (χ0n) is 16.8. The lowest BCUT2D eigenvalue weighted by molar-refractivity contribution is -0.118. The maximum absolute atomic E-state index is 13.1. The van der Waals surface area contributed by atoms with E-state index in [1.54, 1.807) is 42.5 Å². The first kappa shape index (κ1) is 22.5. The number of halogens is 1. The fraction of sp³-hybridized carbons (Fsp3) is 0.0435. The van der Waals surface area contributed by atoms with Crippen LogP contribution in [-0.2, 0) is 9.59 Å². The van der Waals surface area contributed by atoms with Crippen LogP contribution in [0.2, 0.25) is 5.15 Å². The van der Waals surface area contributed by atoms with Crippen LogP contribution in [0.25, 0.3) is 6.08 Å². The molecule has 0 atom stereocenters. The third-order valence-electron chi connectivity index (χ3n) is 4.30. The molecule has 2 amide bonds. The second kappa shape index (κ2) is 10.2. The minimum Gasteiger partial charge on any atom is -0.495 e. The normalized spacial score (nSPS) is 10.9. The molecule has 0 spiro atoms. The van der Waals surface area contributed by atoms with Crippen molar-refractivity contribution in [2.45, 2.75) is 0 Å². The molecule has 3 aromatic rings. The minimum atomic E-state index is -1.18. The molecule has 3 N–H and O–H groups in total. The van der Waals surface area contributed by atoms with Gasteiger partial charge >= 0.3 is 5.97 Å². The van der Waals surface area contributed by atoms with Gasteiger partial charge < -0.3 is 20.5 Å². The standard InChI is InChI=1S/C23H18ClN3O5/c1-32-19-10-9-15(23(30)31)13-18(19)27-22(29)17(12-14-6-5-11-25-20(14)24)21(28)26-16-7-3-2-4-8-16/h2-13H,1H3,(H,26,28)(H,27,29)(H,30,31)/b17-12-. The molecule has 162 valence electrons. The van der Waals surface area contributed by atoms with E-state index < -0.39 is 17.8 Å². The van der Waals surface area contributed by atoms with E-state index in [1.807, 2.05) is 0 Å². The highest BCUT2D eigenvalue weighted by Crippen LogP contribution is 2.27. The first-order chi connectivity index (χ1) is 15.4. The highest BCUT2D eigenvalue weighted by atomic mass is 35.5. The third-order valence-corrected chi connectivity index (χ3v) is 4.62. The van der Waals surface area contributed by atoms with Crippen molar-refractivity contribution in [3.8, 4) is 5.75 Å². The van der Waals surface area contributed by atoms with Crippen LogP contribution in [0.3, 0.4) is 0 Å². The molecule has 0 aliphatic carbocycles. The number of nitrogens with one attached hydrogen (secondary N) is 2. The Balaban J connectivity index is 1.99. The number of nitrogens with zero attached hydrogens (tertiary/aromatic N) is 1. The smallest absolute Gasteiger partial charge is 0.335 e. The summed E-state index contributed by atoms with van der Waals surface area (Å²) in [4.78, 5) is 41.3. The summed E-state index contributed by atoms with van der Waals surface area (Å²) in [6, 6.07) is 15.8. The summed E-state index contributed by atoms with van der Waals surface area (Å²) in [5, 5.41) is 14.5. The van der Waals surface area contributed by atoms with Gasteiger partial charge in [-0.2, -0.15) is 0 Å². The van der Waals surface area contributed by atoms with Gasteiger partial charge in [0.15, 0.2) is 0 Å². The number of ether oxygens (including phenoxy) is 1. The number of benzene rings is 2. The molecule has 3 rings (SSSR count). The van der Waals surface area contributed by atoms with Gasteiger partial charge in [-0.25, -0.2) is 9.78 Å².